The third kappa shape index (κ3) is 3.59. The van der Waals surface area contributed by atoms with Crippen molar-refractivity contribution in [2.75, 3.05) is 11.4 Å². The highest BCUT2D eigenvalue weighted by Crippen LogP contribution is 2.34. The van der Waals surface area contributed by atoms with E-state index in [1.807, 2.05) is 34.7 Å². The first-order valence-corrected chi connectivity index (χ1v) is 9.52. The number of aryl methyl sites for hydroxylation is 1. The Labute approximate surface area is 159 Å². The number of hydrogen-bond acceptors (Lipinski definition) is 8. The van der Waals surface area contributed by atoms with Gasteiger partial charge in [0.25, 0.3) is 5.89 Å². The molecule has 3 aromatic heterocycles. The normalized spacial score (nSPS) is 16.0. The second kappa shape index (κ2) is 7.28. The smallest absolute Gasteiger partial charge is 0.311 e. The fraction of sp³-hybridized carbons (Fsp3) is 0.278. The van der Waals surface area contributed by atoms with E-state index in [0.29, 0.717) is 24.1 Å². The number of nitrogens with zero attached hydrogens (tertiary/aromatic N) is 5. The molecule has 4 heterocycles. The highest BCUT2D eigenvalue weighted by Gasteiger charge is 2.26. The summed E-state index contributed by atoms with van der Waals surface area (Å²) in [5.41, 5.74) is 2.52. The number of thiophene rings is 1. The van der Waals surface area contributed by atoms with Crippen molar-refractivity contribution >= 4 is 28.9 Å². The lowest BCUT2D eigenvalue weighted by atomic mass is 10.1. The first kappa shape index (κ1) is 17.3. The highest BCUT2D eigenvalue weighted by molar-refractivity contribution is 7.08. The lowest BCUT2D eigenvalue weighted by Crippen LogP contribution is -2.29. The van der Waals surface area contributed by atoms with Gasteiger partial charge in [-0.1, -0.05) is 5.16 Å². The Hall–Kier alpha value is -3.07. The van der Waals surface area contributed by atoms with E-state index in [4.69, 9.17) is 4.52 Å². The van der Waals surface area contributed by atoms with Crippen molar-refractivity contribution in [3.05, 3.63) is 56.3 Å². The standard InChI is InChI=1S/C18H17N5O3S/c1-12-5-6-15(23(24)25)17(19-12)22-8-3-2-4-14(22)10-16-20-18(26-21-16)13-7-9-27-11-13/h5-7,9-11H,2-4,8H2,1H3/b14-10+. The van der Waals surface area contributed by atoms with Crippen LogP contribution >= 0.6 is 11.3 Å². The molecule has 1 aliphatic rings. The summed E-state index contributed by atoms with van der Waals surface area (Å²) >= 11 is 1.56. The summed E-state index contributed by atoms with van der Waals surface area (Å²) in [6.45, 7) is 2.49. The predicted molar refractivity (Wildman–Crippen MR) is 102 cm³/mol. The molecule has 0 atom stereocenters. The molecule has 4 rings (SSSR count). The Morgan fingerprint density at radius 3 is 2.96 bits per heavy atom. The maximum absolute atomic E-state index is 11.5. The van der Waals surface area contributed by atoms with E-state index < -0.39 is 4.92 Å². The molecule has 1 aliphatic heterocycles. The second-order valence-corrected chi connectivity index (χ2v) is 7.05. The van der Waals surface area contributed by atoms with Gasteiger partial charge in [0.05, 0.1) is 10.5 Å². The summed E-state index contributed by atoms with van der Waals surface area (Å²) in [6, 6.07) is 5.08. The number of hydrogen-bond donors (Lipinski definition) is 0. The molecule has 3 aromatic rings. The van der Waals surface area contributed by atoms with Gasteiger partial charge in [-0.15, -0.1) is 0 Å². The van der Waals surface area contributed by atoms with Crippen LogP contribution in [0.15, 0.2) is 39.2 Å². The highest BCUT2D eigenvalue weighted by atomic mass is 32.1. The molecule has 0 unspecified atom stereocenters. The van der Waals surface area contributed by atoms with Crippen molar-refractivity contribution in [2.24, 2.45) is 0 Å². The van der Waals surface area contributed by atoms with Crippen LogP contribution in [0.5, 0.6) is 0 Å². The lowest BCUT2D eigenvalue weighted by molar-refractivity contribution is -0.384. The first-order valence-electron chi connectivity index (χ1n) is 8.58. The zero-order chi connectivity index (χ0) is 18.8. The minimum atomic E-state index is -0.392. The van der Waals surface area contributed by atoms with E-state index in [1.165, 1.54) is 6.07 Å². The Morgan fingerprint density at radius 2 is 2.19 bits per heavy atom. The van der Waals surface area contributed by atoms with Crippen LogP contribution < -0.4 is 4.90 Å². The van der Waals surface area contributed by atoms with Crippen molar-refractivity contribution in [3.8, 4) is 11.5 Å². The van der Waals surface area contributed by atoms with Crippen molar-refractivity contribution in [2.45, 2.75) is 26.2 Å². The van der Waals surface area contributed by atoms with Crippen LogP contribution in [0.4, 0.5) is 11.5 Å². The molecule has 9 heteroatoms. The molecule has 0 bridgehead atoms. The molecular formula is C18H17N5O3S. The van der Waals surface area contributed by atoms with Gasteiger partial charge in [-0.25, -0.2) is 4.98 Å². The van der Waals surface area contributed by atoms with Crippen molar-refractivity contribution in [1.82, 2.24) is 15.1 Å². The van der Waals surface area contributed by atoms with Gasteiger partial charge in [0.2, 0.25) is 5.82 Å². The largest absolute Gasteiger partial charge is 0.334 e. The Bertz CT molecular complexity index is 996. The number of piperidine rings is 1. The average molecular weight is 383 g/mol. The quantitative estimate of drug-likeness (QED) is 0.485. The zero-order valence-corrected chi connectivity index (χ0v) is 15.5. The predicted octanol–water partition coefficient (Wildman–Crippen LogP) is 4.44. The molecule has 1 saturated heterocycles. The van der Waals surface area contributed by atoms with Crippen LogP contribution in [0, 0.1) is 17.0 Å². The van der Waals surface area contributed by atoms with Crippen molar-refractivity contribution in [3.63, 3.8) is 0 Å². The monoisotopic (exact) mass is 383 g/mol. The minimum Gasteiger partial charge on any atom is -0.334 e. The molecular weight excluding hydrogens is 366 g/mol. The van der Waals surface area contributed by atoms with E-state index in [1.54, 1.807) is 17.4 Å². The van der Waals surface area contributed by atoms with Gasteiger partial charge in [0.15, 0.2) is 5.82 Å². The summed E-state index contributed by atoms with van der Waals surface area (Å²) in [4.78, 5) is 21.8. The van der Waals surface area contributed by atoms with Gasteiger partial charge >= 0.3 is 5.69 Å². The minimum absolute atomic E-state index is 0.000439. The Morgan fingerprint density at radius 1 is 1.30 bits per heavy atom. The van der Waals surface area contributed by atoms with Crippen molar-refractivity contribution in [1.29, 1.82) is 0 Å². The number of anilines is 1. The van der Waals surface area contributed by atoms with Crippen LogP contribution in [0.2, 0.25) is 0 Å². The van der Waals surface area contributed by atoms with Gasteiger partial charge < -0.3 is 9.42 Å². The third-order valence-corrected chi connectivity index (χ3v) is 5.05. The van der Waals surface area contributed by atoms with E-state index in [0.717, 1.165) is 36.2 Å². The van der Waals surface area contributed by atoms with Crippen LogP contribution in [-0.2, 0) is 0 Å². The van der Waals surface area contributed by atoms with Gasteiger partial charge in [-0.2, -0.15) is 16.3 Å². The average Bonchev–Trinajstić information content (AvgIpc) is 3.33. The van der Waals surface area contributed by atoms with Crippen LogP contribution in [-0.4, -0.2) is 26.6 Å². The molecule has 8 nitrogen and oxygen atoms in total. The summed E-state index contributed by atoms with van der Waals surface area (Å²) in [5, 5.41) is 19.4. The van der Waals surface area contributed by atoms with E-state index in [9.17, 15) is 10.1 Å². The zero-order valence-electron chi connectivity index (χ0n) is 14.7. The molecule has 0 saturated carbocycles. The van der Waals surface area contributed by atoms with Crippen LogP contribution in [0.3, 0.4) is 0 Å². The maximum Gasteiger partial charge on any atom is 0.311 e. The summed E-state index contributed by atoms with van der Waals surface area (Å²) in [7, 11) is 0. The first-order chi connectivity index (χ1) is 13.1. The molecule has 0 aliphatic carbocycles. The lowest BCUT2D eigenvalue weighted by Gasteiger charge is -2.30. The Kier molecular flexibility index (Phi) is 4.68. The molecule has 0 N–H and O–H groups in total. The molecule has 0 spiro atoms. The SMILES string of the molecule is Cc1ccc([N+](=O)[O-])c(N2CCCC/C2=C\c2noc(-c3ccsc3)n2)n1. The van der Waals surface area contributed by atoms with Crippen LogP contribution in [0.1, 0.15) is 30.8 Å². The Balaban J connectivity index is 1.70. The van der Waals surface area contributed by atoms with Gasteiger partial charge in [0.1, 0.15) is 0 Å². The van der Waals surface area contributed by atoms with E-state index in [-0.39, 0.29) is 5.69 Å². The topological polar surface area (TPSA) is 98.2 Å². The maximum atomic E-state index is 11.5. The van der Waals surface area contributed by atoms with Gasteiger partial charge in [-0.05, 0) is 43.7 Å². The second-order valence-electron chi connectivity index (χ2n) is 6.27. The van der Waals surface area contributed by atoms with Gasteiger partial charge in [0, 0.05) is 35.5 Å². The molecule has 1 fully saturated rings. The number of allylic oxidation sites excluding steroid dienone is 1. The number of pyridine rings is 1. The molecule has 27 heavy (non-hydrogen) atoms. The number of nitro groups is 1. The van der Waals surface area contributed by atoms with Crippen LogP contribution in [0.25, 0.3) is 17.5 Å². The van der Waals surface area contributed by atoms with E-state index >= 15 is 0 Å². The fourth-order valence-electron chi connectivity index (χ4n) is 3.07. The molecule has 0 amide bonds. The number of rotatable bonds is 4. The third-order valence-electron chi connectivity index (χ3n) is 4.36. The fourth-order valence-corrected chi connectivity index (χ4v) is 3.70. The van der Waals surface area contributed by atoms with Gasteiger partial charge in [-0.3, -0.25) is 10.1 Å². The van der Waals surface area contributed by atoms with E-state index in [2.05, 4.69) is 15.1 Å². The molecule has 138 valence electrons. The van der Waals surface area contributed by atoms with Crippen molar-refractivity contribution < 1.29 is 9.45 Å². The summed E-state index contributed by atoms with van der Waals surface area (Å²) in [6.07, 6.45) is 4.54. The summed E-state index contributed by atoms with van der Waals surface area (Å²) < 4.78 is 5.33. The molecule has 0 radical (unpaired) electrons. The number of aromatic nitrogens is 3. The summed E-state index contributed by atoms with van der Waals surface area (Å²) in [5.74, 6) is 1.28. The molecule has 0 aromatic carbocycles.